The van der Waals surface area contributed by atoms with Crippen LogP contribution in [0.1, 0.15) is 12.1 Å². The van der Waals surface area contributed by atoms with Crippen LogP contribution >= 0.6 is 0 Å². The van der Waals surface area contributed by atoms with Gasteiger partial charge in [-0.3, -0.25) is 5.10 Å². The molecule has 0 aliphatic carbocycles. The smallest absolute Gasteiger partial charge is 0.126 e. The van der Waals surface area contributed by atoms with E-state index in [2.05, 4.69) is 21.6 Å². The van der Waals surface area contributed by atoms with Crippen molar-refractivity contribution >= 4 is 0 Å². The summed E-state index contributed by atoms with van der Waals surface area (Å²) in [6.45, 7) is 1.00. The molecule has 4 heteroatoms. The second kappa shape index (κ2) is 6.21. The molecule has 0 aliphatic heterocycles. The molecule has 18 heavy (non-hydrogen) atoms. The topological polar surface area (TPSA) is 49.9 Å². The van der Waals surface area contributed by atoms with Gasteiger partial charge in [-0.05, 0) is 32.5 Å². The van der Waals surface area contributed by atoms with E-state index < -0.39 is 0 Å². The Labute approximate surface area is 107 Å². The maximum atomic E-state index is 5.40. The molecule has 1 aromatic carbocycles. The molecule has 0 fully saturated rings. The summed E-state index contributed by atoms with van der Waals surface area (Å²) in [7, 11) is 3.66. The molecule has 0 atom stereocenters. The minimum Gasteiger partial charge on any atom is -0.496 e. The molecule has 1 heterocycles. The highest BCUT2D eigenvalue weighted by Crippen LogP contribution is 2.31. The highest BCUT2D eigenvalue weighted by Gasteiger charge is 2.11. The number of aryl methyl sites for hydroxylation is 1. The number of methoxy groups -OCH3 is 1. The second-order valence-corrected chi connectivity index (χ2v) is 4.17. The van der Waals surface area contributed by atoms with Crippen molar-refractivity contribution in [3.8, 4) is 16.9 Å². The Kier molecular flexibility index (Phi) is 4.36. The minimum atomic E-state index is 0.883. The molecule has 0 unspecified atom stereocenters. The van der Waals surface area contributed by atoms with Crippen molar-refractivity contribution in [2.75, 3.05) is 20.7 Å². The van der Waals surface area contributed by atoms with Crippen molar-refractivity contribution in [1.29, 1.82) is 0 Å². The van der Waals surface area contributed by atoms with Gasteiger partial charge in [-0.1, -0.05) is 18.2 Å². The van der Waals surface area contributed by atoms with E-state index in [0.717, 1.165) is 42.0 Å². The van der Waals surface area contributed by atoms with Gasteiger partial charge in [-0.15, -0.1) is 0 Å². The predicted octanol–water partition coefficient (Wildman–Crippen LogP) is 2.24. The lowest BCUT2D eigenvalue weighted by Crippen LogP contribution is -2.08. The molecular weight excluding hydrogens is 226 g/mol. The van der Waals surface area contributed by atoms with Crippen LogP contribution in [-0.4, -0.2) is 30.9 Å². The maximum Gasteiger partial charge on any atom is 0.126 e. The summed E-state index contributed by atoms with van der Waals surface area (Å²) < 4.78 is 5.40. The van der Waals surface area contributed by atoms with Crippen LogP contribution in [0.25, 0.3) is 11.1 Å². The number of nitrogens with one attached hydrogen (secondary N) is 2. The van der Waals surface area contributed by atoms with Gasteiger partial charge < -0.3 is 10.1 Å². The number of nitrogens with zero attached hydrogens (tertiary/aromatic N) is 1. The van der Waals surface area contributed by atoms with Crippen LogP contribution in [-0.2, 0) is 6.42 Å². The van der Waals surface area contributed by atoms with E-state index in [0.29, 0.717) is 0 Å². The van der Waals surface area contributed by atoms with Crippen molar-refractivity contribution in [3.05, 3.63) is 36.2 Å². The van der Waals surface area contributed by atoms with Crippen molar-refractivity contribution in [2.45, 2.75) is 12.8 Å². The van der Waals surface area contributed by atoms with Gasteiger partial charge in [-0.25, -0.2) is 0 Å². The number of benzene rings is 1. The quantitative estimate of drug-likeness (QED) is 0.767. The van der Waals surface area contributed by atoms with Crippen LogP contribution in [0, 0.1) is 0 Å². The summed E-state index contributed by atoms with van der Waals surface area (Å²) in [6.07, 6.45) is 3.93. The highest BCUT2D eigenvalue weighted by atomic mass is 16.5. The highest BCUT2D eigenvalue weighted by molar-refractivity contribution is 5.71. The fraction of sp³-hybridized carbons (Fsp3) is 0.357. The average Bonchev–Trinajstić information content (AvgIpc) is 2.87. The average molecular weight is 245 g/mol. The summed E-state index contributed by atoms with van der Waals surface area (Å²) in [5, 5.41) is 10.4. The van der Waals surface area contributed by atoms with Crippen LogP contribution in [0.15, 0.2) is 30.5 Å². The van der Waals surface area contributed by atoms with E-state index in [1.54, 1.807) is 7.11 Å². The number of aromatic nitrogens is 2. The van der Waals surface area contributed by atoms with E-state index in [1.165, 1.54) is 0 Å². The Bertz CT molecular complexity index is 493. The van der Waals surface area contributed by atoms with Gasteiger partial charge in [0.15, 0.2) is 0 Å². The summed E-state index contributed by atoms with van der Waals surface area (Å²) in [6, 6.07) is 8.02. The Morgan fingerprint density at radius 1 is 1.28 bits per heavy atom. The van der Waals surface area contributed by atoms with Crippen LogP contribution in [0.5, 0.6) is 5.75 Å². The van der Waals surface area contributed by atoms with E-state index in [1.807, 2.05) is 31.4 Å². The molecule has 0 saturated heterocycles. The first kappa shape index (κ1) is 12.6. The molecule has 0 saturated carbocycles. The lowest BCUT2D eigenvalue weighted by atomic mass is 10.0. The molecule has 0 amide bonds. The van der Waals surface area contributed by atoms with Gasteiger partial charge in [0.2, 0.25) is 0 Å². The number of hydrogen-bond donors (Lipinski definition) is 2. The third kappa shape index (κ3) is 2.71. The first-order valence-electron chi connectivity index (χ1n) is 6.17. The zero-order valence-electron chi connectivity index (χ0n) is 10.9. The first-order chi connectivity index (χ1) is 8.86. The third-order valence-corrected chi connectivity index (χ3v) is 2.97. The standard InChI is InChI=1S/C14H19N3O/c1-15-9-5-7-13-12(10-16-17-13)11-6-3-4-8-14(11)18-2/h3-4,6,8,10,15H,5,7,9H2,1-2H3,(H,16,17). The summed E-state index contributed by atoms with van der Waals surface area (Å²) >= 11 is 0. The summed E-state index contributed by atoms with van der Waals surface area (Å²) in [5.74, 6) is 0.883. The Hall–Kier alpha value is -1.81. The normalized spacial score (nSPS) is 10.6. The van der Waals surface area contributed by atoms with Gasteiger partial charge in [0.25, 0.3) is 0 Å². The second-order valence-electron chi connectivity index (χ2n) is 4.17. The van der Waals surface area contributed by atoms with Crippen molar-refractivity contribution in [3.63, 3.8) is 0 Å². The van der Waals surface area contributed by atoms with Crippen molar-refractivity contribution in [1.82, 2.24) is 15.5 Å². The van der Waals surface area contributed by atoms with Crippen LogP contribution in [0.4, 0.5) is 0 Å². The lowest BCUT2D eigenvalue weighted by Gasteiger charge is -2.08. The van der Waals surface area contributed by atoms with Crippen LogP contribution in [0.2, 0.25) is 0 Å². The summed E-state index contributed by atoms with van der Waals surface area (Å²) in [4.78, 5) is 0. The summed E-state index contributed by atoms with van der Waals surface area (Å²) in [5.41, 5.74) is 3.38. The predicted molar refractivity (Wildman–Crippen MR) is 72.8 cm³/mol. The molecule has 4 nitrogen and oxygen atoms in total. The molecular formula is C14H19N3O. The first-order valence-corrected chi connectivity index (χ1v) is 6.17. The van der Waals surface area contributed by atoms with E-state index in [9.17, 15) is 0 Å². The monoisotopic (exact) mass is 245 g/mol. The maximum absolute atomic E-state index is 5.40. The molecule has 0 aliphatic rings. The zero-order valence-corrected chi connectivity index (χ0v) is 10.9. The van der Waals surface area contributed by atoms with E-state index >= 15 is 0 Å². The van der Waals surface area contributed by atoms with Crippen molar-refractivity contribution in [2.24, 2.45) is 0 Å². The minimum absolute atomic E-state index is 0.883. The molecule has 1 aromatic heterocycles. The fourth-order valence-corrected chi connectivity index (χ4v) is 2.04. The largest absolute Gasteiger partial charge is 0.496 e. The van der Waals surface area contributed by atoms with Gasteiger partial charge in [0, 0.05) is 16.8 Å². The van der Waals surface area contributed by atoms with Crippen LogP contribution in [0.3, 0.4) is 0 Å². The number of ether oxygens (including phenoxy) is 1. The Morgan fingerprint density at radius 2 is 2.11 bits per heavy atom. The number of hydrogen-bond acceptors (Lipinski definition) is 3. The SMILES string of the molecule is CNCCCc1[nH]ncc1-c1ccccc1OC. The number of para-hydroxylation sites is 1. The lowest BCUT2D eigenvalue weighted by molar-refractivity contribution is 0.416. The third-order valence-electron chi connectivity index (χ3n) is 2.97. The molecule has 2 N–H and O–H groups in total. The van der Waals surface area contributed by atoms with Gasteiger partial charge >= 0.3 is 0 Å². The molecule has 0 radical (unpaired) electrons. The molecule has 2 aromatic rings. The Morgan fingerprint density at radius 3 is 2.89 bits per heavy atom. The van der Waals surface area contributed by atoms with E-state index in [-0.39, 0.29) is 0 Å². The van der Waals surface area contributed by atoms with Crippen LogP contribution < -0.4 is 10.1 Å². The molecule has 0 bridgehead atoms. The number of H-pyrrole nitrogens is 1. The molecule has 2 rings (SSSR count). The number of rotatable bonds is 6. The number of aromatic amines is 1. The Balaban J connectivity index is 2.25. The van der Waals surface area contributed by atoms with Gasteiger partial charge in [0.1, 0.15) is 5.75 Å². The van der Waals surface area contributed by atoms with Gasteiger partial charge in [-0.2, -0.15) is 5.10 Å². The molecule has 96 valence electrons. The van der Waals surface area contributed by atoms with Crippen molar-refractivity contribution < 1.29 is 4.74 Å². The zero-order chi connectivity index (χ0) is 12.8. The van der Waals surface area contributed by atoms with E-state index in [4.69, 9.17) is 4.74 Å². The molecule has 0 spiro atoms. The van der Waals surface area contributed by atoms with Gasteiger partial charge in [0.05, 0.1) is 13.3 Å². The fourth-order valence-electron chi connectivity index (χ4n) is 2.04.